The molecule has 0 bridgehead atoms. The van der Waals surface area contributed by atoms with Crippen LogP contribution in [0.15, 0.2) is 54.6 Å². The van der Waals surface area contributed by atoms with E-state index in [1.54, 1.807) is 0 Å². The third-order valence-electron chi connectivity index (χ3n) is 4.98. The zero-order chi connectivity index (χ0) is 22.9. The van der Waals surface area contributed by atoms with Crippen molar-refractivity contribution in [2.75, 3.05) is 19.7 Å². The number of carbonyl (C=O) groups is 3. The lowest BCUT2D eigenvalue weighted by Gasteiger charge is -2.21. The Morgan fingerprint density at radius 3 is 2.47 bits per heavy atom. The number of nitrogens with one attached hydrogen (secondary N) is 1. The van der Waals surface area contributed by atoms with Crippen LogP contribution in [0.5, 0.6) is 11.5 Å². The van der Waals surface area contributed by atoms with Crippen molar-refractivity contribution in [3.63, 3.8) is 0 Å². The molecule has 0 spiro atoms. The van der Waals surface area contributed by atoms with Gasteiger partial charge < -0.3 is 24.8 Å². The van der Waals surface area contributed by atoms with Crippen LogP contribution >= 0.6 is 0 Å². The number of amides is 2. The van der Waals surface area contributed by atoms with E-state index in [2.05, 4.69) is 5.32 Å². The zero-order valence-corrected chi connectivity index (χ0v) is 17.4. The third kappa shape index (κ3) is 6.69. The standard InChI is InChI=1S/C23H25FN2O6/c24-16-8-10-18(11-9-16)32-19-13-20(23(29)30)26(15-19)22(28)14-25-21(27)7-4-12-31-17-5-2-1-3-6-17/h1-3,5-6,8-11,19-20H,4,7,12-15H2,(H,25,27)(H,29,30). The van der Waals surface area contributed by atoms with Gasteiger partial charge in [-0.05, 0) is 42.8 Å². The highest BCUT2D eigenvalue weighted by Gasteiger charge is 2.40. The summed E-state index contributed by atoms with van der Waals surface area (Å²) in [4.78, 5) is 37.3. The second kappa shape index (κ2) is 11.1. The summed E-state index contributed by atoms with van der Waals surface area (Å²) >= 11 is 0. The molecule has 2 amide bonds. The Balaban J connectivity index is 1.42. The van der Waals surface area contributed by atoms with Gasteiger partial charge in [-0.15, -0.1) is 0 Å². The van der Waals surface area contributed by atoms with Crippen molar-refractivity contribution in [1.82, 2.24) is 10.2 Å². The van der Waals surface area contributed by atoms with Gasteiger partial charge in [-0.3, -0.25) is 9.59 Å². The molecule has 0 radical (unpaired) electrons. The van der Waals surface area contributed by atoms with E-state index in [1.807, 2.05) is 30.3 Å². The molecule has 2 aromatic rings. The maximum Gasteiger partial charge on any atom is 0.326 e. The highest BCUT2D eigenvalue weighted by Crippen LogP contribution is 2.23. The molecule has 1 heterocycles. The Bertz CT molecular complexity index is 922. The molecule has 170 valence electrons. The van der Waals surface area contributed by atoms with Gasteiger partial charge in [-0.2, -0.15) is 0 Å². The highest BCUT2D eigenvalue weighted by molar-refractivity contribution is 5.88. The summed E-state index contributed by atoms with van der Waals surface area (Å²) in [7, 11) is 0. The van der Waals surface area contributed by atoms with Crippen molar-refractivity contribution in [3.05, 3.63) is 60.4 Å². The quantitative estimate of drug-likeness (QED) is 0.545. The van der Waals surface area contributed by atoms with Crippen molar-refractivity contribution >= 4 is 17.8 Å². The first-order chi connectivity index (χ1) is 15.4. The minimum Gasteiger partial charge on any atom is -0.494 e. The van der Waals surface area contributed by atoms with Gasteiger partial charge in [0.25, 0.3) is 0 Å². The number of carbonyl (C=O) groups excluding carboxylic acids is 2. The van der Waals surface area contributed by atoms with Gasteiger partial charge in [0.2, 0.25) is 11.8 Å². The number of hydrogen-bond acceptors (Lipinski definition) is 5. The topological polar surface area (TPSA) is 105 Å². The molecule has 0 saturated carbocycles. The van der Waals surface area contributed by atoms with Gasteiger partial charge in [-0.1, -0.05) is 18.2 Å². The van der Waals surface area contributed by atoms with E-state index >= 15 is 0 Å². The van der Waals surface area contributed by atoms with Gasteiger partial charge in [0, 0.05) is 12.8 Å². The molecule has 32 heavy (non-hydrogen) atoms. The number of nitrogens with zero attached hydrogens (tertiary/aromatic N) is 1. The molecule has 0 aliphatic carbocycles. The lowest BCUT2D eigenvalue weighted by Crippen LogP contribution is -2.45. The van der Waals surface area contributed by atoms with E-state index in [0.29, 0.717) is 24.5 Å². The number of aliphatic carboxylic acids is 1. The van der Waals surface area contributed by atoms with Crippen LogP contribution in [0.2, 0.25) is 0 Å². The fraction of sp³-hybridized carbons (Fsp3) is 0.348. The molecule has 1 saturated heterocycles. The Morgan fingerprint density at radius 1 is 1.06 bits per heavy atom. The number of halogens is 1. The van der Waals surface area contributed by atoms with E-state index in [-0.39, 0.29) is 31.8 Å². The summed E-state index contributed by atoms with van der Waals surface area (Å²) in [6.45, 7) is 0.125. The Labute approximate surface area is 184 Å². The number of ether oxygens (including phenoxy) is 2. The first-order valence-corrected chi connectivity index (χ1v) is 10.3. The summed E-state index contributed by atoms with van der Waals surface area (Å²) in [5.74, 6) is -1.27. The summed E-state index contributed by atoms with van der Waals surface area (Å²) in [5, 5.41) is 12.0. The molecule has 9 heteroatoms. The van der Waals surface area contributed by atoms with Crippen LogP contribution in [-0.4, -0.2) is 59.6 Å². The molecule has 2 N–H and O–H groups in total. The Hall–Kier alpha value is -3.62. The fourth-order valence-electron chi connectivity index (χ4n) is 3.40. The third-order valence-corrected chi connectivity index (χ3v) is 4.98. The van der Waals surface area contributed by atoms with Crippen molar-refractivity contribution < 1.29 is 33.4 Å². The molecule has 2 atom stereocenters. The first kappa shape index (κ1) is 23.1. The average Bonchev–Trinajstić information content (AvgIpc) is 3.22. The molecule has 0 aromatic heterocycles. The maximum atomic E-state index is 13.0. The predicted octanol–water partition coefficient (Wildman–Crippen LogP) is 2.23. The van der Waals surface area contributed by atoms with E-state index in [9.17, 15) is 23.9 Å². The van der Waals surface area contributed by atoms with Crippen LogP contribution in [0.1, 0.15) is 19.3 Å². The fourth-order valence-corrected chi connectivity index (χ4v) is 3.40. The number of para-hydroxylation sites is 1. The lowest BCUT2D eigenvalue weighted by molar-refractivity contribution is -0.148. The van der Waals surface area contributed by atoms with Crippen molar-refractivity contribution in [1.29, 1.82) is 0 Å². The number of carboxylic acids is 1. The van der Waals surface area contributed by atoms with Crippen molar-refractivity contribution in [2.45, 2.75) is 31.4 Å². The molecule has 2 aromatic carbocycles. The van der Waals surface area contributed by atoms with Crippen LogP contribution in [-0.2, 0) is 14.4 Å². The molecule has 8 nitrogen and oxygen atoms in total. The van der Waals surface area contributed by atoms with Crippen LogP contribution in [0.4, 0.5) is 4.39 Å². The second-order valence-electron chi connectivity index (χ2n) is 7.37. The zero-order valence-electron chi connectivity index (χ0n) is 17.4. The number of carboxylic acid groups (broad SMARTS) is 1. The number of benzene rings is 2. The Morgan fingerprint density at radius 2 is 1.78 bits per heavy atom. The van der Waals surface area contributed by atoms with E-state index in [0.717, 1.165) is 0 Å². The molecular weight excluding hydrogens is 419 g/mol. The number of rotatable bonds is 10. The summed E-state index contributed by atoms with van der Waals surface area (Å²) < 4.78 is 24.2. The van der Waals surface area contributed by atoms with Gasteiger partial charge in [-0.25, -0.2) is 9.18 Å². The van der Waals surface area contributed by atoms with Gasteiger partial charge in [0.1, 0.15) is 29.5 Å². The summed E-state index contributed by atoms with van der Waals surface area (Å²) in [5.41, 5.74) is 0. The molecule has 3 rings (SSSR count). The van der Waals surface area contributed by atoms with Crippen LogP contribution in [0, 0.1) is 5.82 Å². The molecule has 2 unspecified atom stereocenters. The first-order valence-electron chi connectivity index (χ1n) is 10.3. The molecular formula is C23H25FN2O6. The van der Waals surface area contributed by atoms with Crippen LogP contribution < -0.4 is 14.8 Å². The Kier molecular flexibility index (Phi) is 8.02. The number of likely N-dealkylation sites (tertiary alicyclic amines) is 1. The molecule has 1 aliphatic rings. The maximum absolute atomic E-state index is 13.0. The van der Waals surface area contributed by atoms with Gasteiger partial charge in [0.05, 0.1) is 19.7 Å². The van der Waals surface area contributed by atoms with Crippen molar-refractivity contribution in [3.8, 4) is 11.5 Å². The SMILES string of the molecule is O=C(CCCOc1ccccc1)NCC(=O)N1CC(Oc2ccc(F)cc2)CC1C(=O)O. The largest absolute Gasteiger partial charge is 0.494 e. The van der Waals surface area contributed by atoms with Crippen molar-refractivity contribution in [2.24, 2.45) is 0 Å². The smallest absolute Gasteiger partial charge is 0.326 e. The van der Waals surface area contributed by atoms with E-state index < -0.39 is 29.8 Å². The van der Waals surface area contributed by atoms with Gasteiger partial charge >= 0.3 is 5.97 Å². The predicted molar refractivity (Wildman–Crippen MR) is 113 cm³/mol. The molecule has 1 aliphatic heterocycles. The van der Waals surface area contributed by atoms with E-state index in [4.69, 9.17) is 9.47 Å². The normalized spacial score (nSPS) is 17.6. The number of hydrogen-bond donors (Lipinski definition) is 2. The van der Waals surface area contributed by atoms with E-state index in [1.165, 1.54) is 29.2 Å². The minimum absolute atomic E-state index is 0.0635. The van der Waals surface area contributed by atoms with Gasteiger partial charge in [0.15, 0.2) is 0 Å². The van der Waals surface area contributed by atoms with Crippen LogP contribution in [0.3, 0.4) is 0 Å². The highest BCUT2D eigenvalue weighted by atomic mass is 19.1. The average molecular weight is 444 g/mol. The lowest BCUT2D eigenvalue weighted by atomic mass is 10.2. The second-order valence-corrected chi connectivity index (χ2v) is 7.37. The molecule has 1 fully saturated rings. The minimum atomic E-state index is -1.15. The monoisotopic (exact) mass is 444 g/mol. The van der Waals surface area contributed by atoms with Crippen LogP contribution in [0.25, 0.3) is 0 Å². The summed E-state index contributed by atoms with van der Waals surface area (Å²) in [6, 6.07) is 13.5. The summed E-state index contributed by atoms with van der Waals surface area (Å²) in [6.07, 6.45) is 0.211.